The first-order valence-corrected chi connectivity index (χ1v) is 7.68. The van der Waals surface area contributed by atoms with Crippen molar-refractivity contribution in [2.45, 2.75) is 46.6 Å². The molecule has 116 valence electrons. The summed E-state index contributed by atoms with van der Waals surface area (Å²) in [5.74, 6) is 0.558. The molecule has 6 heteroatoms. The number of aryl methyl sites for hydroxylation is 3. The Bertz CT molecular complexity index is 695. The van der Waals surface area contributed by atoms with Crippen molar-refractivity contribution in [3.05, 3.63) is 34.3 Å². The van der Waals surface area contributed by atoms with E-state index in [4.69, 9.17) is 0 Å². The monoisotopic (exact) mass is 298 g/mol. The minimum Gasteiger partial charge on any atom is -0.363 e. The van der Waals surface area contributed by atoms with Crippen molar-refractivity contribution in [2.24, 2.45) is 7.05 Å². The quantitative estimate of drug-likeness (QED) is 0.885. The molecular weight excluding hydrogens is 276 g/mol. The van der Waals surface area contributed by atoms with E-state index < -0.39 is 0 Å². The van der Waals surface area contributed by atoms with Gasteiger partial charge in [-0.3, -0.25) is 4.68 Å². The van der Waals surface area contributed by atoms with Crippen LogP contribution in [0.1, 0.15) is 48.8 Å². The number of rotatable bonds is 6. The fourth-order valence-corrected chi connectivity index (χ4v) is 2.62. The van der Waals surface area contributed by atoms with Crippen LogP contribution >= 0.6 is 0 Å². The third-order valence-corrected chi connectivity index (χ3v) is 3.73. The number of hydrogen-bond donors (Lipinski definition) is 1. The highest BCUT2D eigenvalue weighted by molar-refractivity contribution is 5.56. The Morgan fingerprint density at radius 1 is 1.14 bits per heavy atom. The van der Waals surface area contributed by atoms with Gasteiger partial charge in [-0.15, -0.1) is 5.10 Å². The van der Waals surface area contributed by atoms with Crippen LogP contribution in [0.4, 0.5) is 5.82 Å². The fraction of sp³-hybridized carbons (Fsp3) is 0.500. The van der Waals surface area contributed by atoms with Crippen molar-refractivity contribution in [3.63, 3.8) is 0 Å². The minimum atomic E-state index is 0.558. The molecule has 0 bridgehead atoms. The van der Waals surface area contributed by atoms with Gasteiger partial charge in [0.1, 0.15) is 11.6 Å². The molecule has 0 fully saturated rings. The highest BCUT2D eigenvalue weighted by atomic mass is 15.3. The van der Waals surface area contributed by atoms with Gasteiger partial charge in [0.05, 0.1) is 11.4 Å². The zero-order valence-electron chi connectivity index (χ0n) is 13.6. The summed E-state index contributed by atoms with van der Waals surface area (Å²) in [6, 6.07) is 2.27. The van der Waals surface area contributed by atoms with Crippen LogP contribution in [0.25, 0.3) is 0 Å². The van der Waals surface area contributed by atoms with Crippen molar-refractivity contribution in [2.75, 3.05) is 5.32 Å². The van der Waals surface area contributed by atoms with Crippen LogP contribution in [0.5, 0.6) is 0 Å². The molecule has 0 saturated heterocycles. The van der Waals surface area contributed by atoms with Crippen molar-refractivity contribution in [1.82, 2.24) is 20.0 Å². The molecule has 0 radical (unpaired) electrons. The average molecular weight is 298 g/mol. The Morgan fingerprint density at radius 3 is 2.45 bits per heavy atom. The maximum Gasteiger partial charge on any atom is 0.167 e. The second-order valence-corrected chi connectivity index (χ2v) is 5.15. The van der Waals surface area contributed by atoms with Crippen LogP contribution in [0.2, 0.25) is 0 Å². The molecule has 2 rings (SSSR count). The molecule has 2 aromatic rings. The molecular formula is C16H22N6. The normalized spacial score (nSPS) is 10.5. The fourth-order valence-electron chi connectivity index (χ4n) is 2.62. The van der Waals surface area contributed by atoms with Crippen molar-refractivity contribution in [3.8, 4) is 6.07 Å². The number of aromatic nitrogens is 4. The molecule has 0 aliphatic carbocycles. The van der Waals surface area contributed by atoms with Crippen molar-refractivity contribution in [1.29, 1.82) is 5.26 Å². The Hall–Kier alpha value is -2.42. The lowest BCUT2D eigenvalue weighted by Gasteiger charge is -2.11. The average Bonchev–Trinajstić information content (AvgIpc) is 2.91. The predicted octanol–water partition coefficient (Wildman–Crippen LogP) is 2.38. The summed E-state index contributed by atoms with van der Waals surface area (Å²) in [5, 5.41) is 25.6. The molecule has 0 aromatic carbocycles. The molecule has 0 aliphatic heterocycles. The zero-order chi connectivity index (χ0) is 16.1. The molecule has 0 saturated carbocycles. The van der Waals surface area contributed by atoms with Gasteiger partial charge in [0.15, 0.2) is 5.82 Å². The van der Waals surface area contributed by atoms with Crippen LogP contribution < -0.4 is 5.32 Å². The van der Waals surface area contributed by atoms with Crippen LogP contribution in [0.15, 0.2) is 6.20 Å². The van der Waals surface area contributed by atoms with Crippen molar-refractivity contribution < 1.29 is 0 Å². The number of nitrogens with zero attached hydrogens (tertiary/aromatic N) is 5. The number of anilines is 1. The SMILES string of the molecule is CCc1nn(C)cc1CNc1nnc(CC)c(CC)c1C#N. The Kier molecular flexibility index (Phi) is 5.10. The highest BCUT2D eigenvalue weighted by Gasteiger charge is 2.15. The third kappa shape index (κ3) is 3.08. The standard InChI is InChI=1S/C16H22N6/c1-5-12-13(8-17)16(20-19-15(12)7-3)18-9-11-10-22(4)21-14(11)6-2/h10H,5-7,9H2,1-4H3,(H,18,20). The molecule has 2 heterocycles. The van der Waals surface area contributed by atoms with Gasteiger partial charge in [-0.1, -0.05) is 20.8 Å². The molecule has 1 N–H and O–H groups in total. The molecule has 2 aromatic heterocycles. The second-order valence-electron chi connectivity index (χ2n) is 5.15. The maximum absolute atomic E-state index is 9.48. The van der Waals surface area contributed by atoms with Gasteiger partial charge in [0.25, 0.3) is 0 Å². The first-order chi connectivity index (χ1) is 10.6. The van der Waals surface area contributed by atoms with E-state index in [-0.39, 0.29) is 0 Å². The van der Waals surface area contributed by atoms with Gasteiger partial charge in [-0.05, 0) is 24.8 Å². The Labute approximate surface area is 131 Å². The Morgan fingerprint density at radius 2 is 1.86 bits per heavy atom. The smallest absolute Gasteiger partial charge is 0.167 e. The van der Waals surface area contributed by atoms with E-state index in [1.165, 1.54) is 0 Å². The van der Waals surface area contributed by atoms with E-state index >= 15 is 0 Å². The van der Waals surface area contributed by atoms with Crippen LogP contribution in [-0.4, -0.2) is 20.0 Å². The molecule has 0 amide bonds. The highest BCUT2D eigenvalue weighted by Crippen LogP contribution is 2.21. The second kappa shape index (κ2) is 7.03. The van der Waals surface area contributed by atoms with Gasteiger partial charge < -0.3 is 5.32 Å². The van der Waals surface area contributed by atoms with E-state index in [9.17, 15) is 5.26 Å². The van der Waals surface area contributed by atoms with Gasteiger partial charge in [0, 0.05) is 25.4 Å². The lowest BCUT2D eigenvalue weighted by atomic mass is 10.0. The first kappa shape index (κ1) is 16.0. The van der Waals surface area contributed by atoms with E-state index in [1.807, 2.05) is 31.8 Å². The van der Waals surface area contributed by atoms with Crippen LogP contribution in [0.3, 0.4) is 0 Å². The lowest BCUT2D eigenvalue weighted by molar-refractivity contribution is 0.746. The topological polar surface area (TPSA) is 79.4 Å². The zero-order valence-corrected chi connectivity index (χ0v) is 13.6. The molecule has 0 atom stereocenters. The molecule has 0 unspecified atom stereocenters. The van der Waals surface area contributed by atoms with E-state index in [2.05, 4.69) is 33.6 Å². The molecule has 0 aliphatic rings. The summed E-state index contributed by atoms with van der Waals surface area (Å²) in [4.78, 5) is 0. The summed E-state index contributed by atoms with van der Waals surface area (Å²) in [7, 11) is 1.91. The van der Waals surface area contributed by atoms with Gasteiger partial charge in [-0.25, -0.2) is 0 Å². The van der Waals surface area contributed by atoms with Gasteiger partial charge in [0.2, 0.25) is 0 Å². The van der Waals surface area contributed by atoms with Gasteiger partial charge in [-0.2, -0.15) is 15.5 Å². The van der Waals surface area contributed by atoms with Crippen molar-refractivity contribution >= 4 is 5.82 Å². The summed E-state index contributed by atoms with van der Waals surface area (Å²) in [6.07, 6.45) is 4.44. The van der Waals surface area contributed by atoms with Gasteiger partial charge >= 0.3 is 0 Å². The lowest BCUT2D eigenvalue weighted by Crippen LogP contribution is -2.10. The summed E-state index contributed by atoms with van der Waals surface area (Å²) < 4.78 is 1.81. The largest absolute Gasteiger partial charge is 0.363 e. The number of hydrogen-bond acceptors (Lipinski definition) is 5. The number of nitriles is 1. The molecule has 0 spiro atoms. The minimum absolute atomic E-state index is 0.558. The number of nitrogens with one attached hydrogen (secondary N) is 1. The summed E-state index contributed by atoms with van der Waals surface area (Å²) in [5.41, 5.74) is 4.68. The van der Waals surface area contributed by atoms with E-state index in [0.717, 1.165) is 41.8 Å². The summed E-state index contributed by atoms with van der Waals surface area (Å²) in [6.45, 7) is 6.74. The maximum atomic E-state index is 9.48. The summed E-state index contributed by atoms with van der Waals surface area (Å²) >= 11 is 0. The van der Waals surface area contributed by atoms with E-state index in [0.29, 0.717) is 17.9 Å². The first-order valence-electron chi connectivity index (χ1n) is 7.68. The molecule has 6 nitrogen and oxygen atoms in total. The van der Waals surface area contributed by atoms with E-state index in [1.54, 1.807) is 0 Å². The molecule has 22 heavy (non-hydrogen) atoms. The van der Waals surface area contributed by atoms with Crippen LogP contribution in [-0.2, 0) is 32.9 Å². The predicted molar refractivity (Wildman–Crippen MR) is 85.4 cm³/mol. The Balaban J connectivity index is 2.28. The third-order valence-electron chi connectivity index (χ3n) is 3.73. The van der Waals surface area contributed by atoms with Crippen LogP contribution in [0, 0.1) is 11.3 Å².